The molecule has 25 heavy (non-hydrogen) atoms. The number of rotatable bonds is 7. The number of benzene rings is 1. The van der Waals surface area contributed by atoms with Crippen molar-refractivity contribution in [1.29, 1.82) is 0 Å². The van der Waals surface area contributed by atoms with E-state index in [1.807, 2.05) is 38.1 Å². The fraction of sp³-hybridized carbons (Fsp3) is 0.263. The highest BCUT2D eigenvalue weighted by atomic mass is 16.5. The molecule has 0 saturated carbocycles. The Balaban J connectivity index is 2.11. The lowest BCUT2D eigenvalue weighted by Gasteiger charge is -2.16. The summed E-state index contributed by atoms with van der Waals surface area (Å²) in [6.07, 6.45) is 7.02. The van der Waals surface area contributed by atoms with Crippen LogP contribution in [0.1, 0.15) is 13.8 Å². The van der Waals surface area contributed by atoms with E-state index in [4.69, 9.17) is 20.6 Å². The summed E-state index contributed by atoms with van der Waals surface area (Å²) in [7, 11) is 0. The zero-order valence-corrected chi connectivity index (χ0v) is 14.2. The van der Waals surface area contributed by atoms with Crippen molar-refractivity contribution in [2.45, 2.75) is 13.8 Å². The minimum Gasteiger partial charge on any atom is -0.490 e. The predicted molar refractivity (Wildman–Crippen MR) is 96.0 cm³/mol. The molecule has 0 unspecified atom stereocenters. The van der Waals surface area contributed by atoms with Gasteiger partial charge in [-0.15, -0.1) is 6.42 Å². The molecule has 6 heteroatoms. The van der Waals surface area contributed by atoms with Gasteiger partial charge < -0.3 is 19.2 Å². The van der Waals surface area contributed by atoms with E-state index in [-0.39, 0.29) is 6.61 Å². The fourth-order valence-electron chi connectivity index (χ4n) is 2.48. The molecule has 0 aliphatic heterocycles. The molecule has 2 aromatic heterocycles. The number of pyridine rings is 1. The molecule has 1 N–H and O–H groups in total. The van der Waals surface area contributed by atoms with Crippen LogP contribution in [0.5, 0.6) is 17.2 Å². The molecule has 0 spiro atoms. The van der Waals surface area contributed by atoms with E-state index in [0.29, 0.717) is 41.9 Å². The number of aromatic amines is 1. The average Bonchev–Trinajstić information content (AvgIpc) is 3.05. The van der Waals surface area contributed by atoms with E-state index in [1.165, 1.54) is 0 Å². The number of aromatic nitrogens is 3. The van der Waals surface area contributed by atoms with Crippen LogP contribution in [0.3, 0.4) is 0 Å². The van der Waals surface area contributed by atoms with Crippen molar-refractivity contribution in [2.75, 3.05) is 19.8 Å². The SMILES string of the molecule is C#CCOc1c(OCC)cc(-c2nc3ncccc3[nH]2)cc1OCC. The first-order valence-corrected chi connectivity index (χ1v) is 8.07. The van der Waals surface area contributed by atoms with Gasteiger partial charge in [0.15, 0.2) is 17.1 Å². The molecular formula is C19H19N3O3. The largest absolute Gasteiger partial charge is 0.490 e. The van der Waals surface area contributed by atoms with Crippen molar-refractivity contribution < 1.29 is 14.2 Å². The minimum atomic E-state index is 0.133. The Bertz CT molecular complexity index is 852. The van der Waals surface area contributed by atoms with Gasteiger partial charge in [0.2, 0.25) is 5.75 Å². The topological polar surface area (TPSA) is 69.3 Å². The third-order valence-corrected chi connectivity index (χ3v) is 3.45. The summed E-state index contributed by atoms with van der Waals surface area (Å²) in [4.78, 5) is 12.0. The first kappa shape index (κ1) is 16.7. The van der Waals surface area contributed by atoms with Gasteiger partial charge in [-0.2, -0.15) is 0 Å². The van der Waals surface area contributed by atoms with E-state index in [9.17, 15) is 0 Å². The smallest absolute Gasteiger partial charge is 0.204 e. The second-order valence-electron chi connectivity index (χ2n) is 5.12. The Labute approximate surface area is 146 Å². The Morgan fingerprint density at radius 3 is 2.44 bits per heavy atom. The van der Waals surface area contributed by atoms with Crippen LogP contribution in [0.15, 0.2) is 30.5 Å². The van der Waals surface area contributed by atoms with Crippen molar-refractivity contribution in [3.63, 3.8) is 0 Å². The van der Waals surface area contributed by atoms with E-state index in [1.54, 1.807) is 6.20 Å². The number of ether oxygens (including phenoxy) is 3. The van der Waals surface area contributed by atoms with Crippen LogP contribution < -0.4 is 14.2 Å². The van der Waals surface area contributed by atoms with Gasteiger partial charge in [-0.05, 0) is 38.1 Å². The fourth-order valence-corrected chi connectivity index (χ4v) is 2.48. The third kappa shape index (κ3) is 3.50. The second-order valence-corrected chi connectivity index (χ2v) is 5.12. The monoisotopic (exact) mass is 337 g/mol. The molecular weight excluding hydrogens is 318 g/mol. The van der Waals surface area contributed by atoms with E-state index >= 15 is 0 Å². The maximum Gasteiger partial charge on any atom is 0.204 e. The number of imidazole rings is 1. The van der Waals surface area contributed by atoms with E-state index in [0.717, 1.165) is 11.1 Å². The summed E-state index contributed by atoms with van der Waals surface area (Å²) in [5.41, 5.74) is 2.33. The molecule has 0 radical (unpaired) electrons. The predicted octanol–water partition coefficient (Wildman–Crippen LogP) is 3.43. The molecule has 0 aliphatic rings. The molecule has 3 aromatic rings. The van der Waals surface area contributed by atoms with Gasteiger partial charge in [0.25, 0.3) is 0 Å². The average molecular weight is 337 g/mol. The molecule has 128 valence electrons. The second kappa shape index (κ2) is 7.58. The van der Waals surface area contributed by atoms with Gasteiger partial charge in [-0.3, -0.25) is 0 Å². The summed E-state index contributed by atoms with van der Waals surface area (Å²) < 4.78 is 17.1. The zero-order chi connectivity index (χ0) is 17.6. The van der Waals surface area contributed by atoms with E-state index in [2.05, 4.69) is 20.9 Å². The van der Waals surface area contributed by atoms with Crippen LogP contribution in [-0.4, -0.2) is 34.8 Å². The third-order valence-electron chi connectivity index (χ3n) is 3.45. The Morgan fingerprint density at radius 1 is 1.12 bits per heavy atom. The van der Waals surface area contributed by atoms with Gasteiger partial charge >= 0.3 is 0 Å². The van der Waals surface area contributed by atoms with Crippen LogP contribution in [0.4, 0.5) is 0 Å². The summed E-state index contributed by atoms with van der Waals surface area (Å²) in [6, 6.07) is 7.50. The summed E-state index contributed by atoms with van der Waals surface area (Å²) in [5, 5.41) is 0. The first-order chi connectivity index (χ1) is 12.3. The normalized spacial score (nSPS) is 10.4. The van der Waals surface area contributed by atoms with Gasteiger partial charge in [0, 0.05) is 11.8 Å². The molecule has 0 fully saturated rings. The maximum absolute atomic E-state index is 5.73. The van der Waals surface area contributed by atoms with Crippen molar-refractivity contribution in [2.24, 2.45) is 0 Å². The zero-order valence-electron chi connectivity index (χ0n) is 14.2. The van der Waals surface area contributed by atoms with E-state index < -0.39 is 0 Å². The van der Waals surface area contributed by atoms with Gasteiger partial charge in [0.1, 0.15) is 12.4 Å². The van der Waals surface area contributed by atoms with Crippen LogP contribution in [-0.2, 0) is 0 Å². The summed E-state index contributed by atoms with van der Waals surface area (Å²) in [5.74, 6) is 4.76. The maximum atomic E-state index is 5.73. The number of H-pyrrole nitrogens is 1. The van der Waals surface area contributed by atoms with Crippen molar-refractivity contribution >= 4 is 11.2 Å². The lowest BCUT2D eigenvalue weighted by atomic mass is 10.1. The quantitative estimate of drug-likeness (QED) is 0.669. The Morgan fingerprint density at radius 2 is 1.84 bits per heavy atom. The highest BCUT2D eigenvalue weighted by Gasteiger charge is 2.17. The molecule has 2 heterocycles. The lowest BCUT2D eigenvalue weighted by Crippen LogP contribution is -2.03. The van der Waals surface area contributed by atoms with Crippen molar-refractivity contribution in [3.8, 4) is 41.0 Å². The molecule has 0 amide bonds. The van der Waals surface area contributed by atoms with Crippen LogP contribution in [0.2, 0.25) is 0 Å². The lowest BCUT2D eigenvalue weighted by molar-refractivity contribution is 0.271. The van der Waals surface area contributed by atoms with Crippen LogP contribution >= 0.6 is 0 Å². The number of hydrogen-bond donors (Lipinski definition) is 1. The Kier molecular flexibility index (Phi) is 5.05. The van der Waals surface area contributed by atoms with Gasteiger partial charge in [-0.1, -0.05) is 5.92 Å². The molecule has 0 saturated heterocycles. The van der Waals surface area contributed by atoms with Gasteiger partial charge in [-0.25, -0.2) is 9.97 Å². The number of hydrogen-bond acceptors (Lipinski definition) is 5. The number of terminal acetylenes is 1. The minimum absolute atomic E-state index is 0.133. The molecule has 6 nitrogen and oxygen atoms in total. The van der Waals surface area contributed by atoms with Crippen molar-refractivity contribution in [1.82, 2.24) is 15.0 Å². The molecule has 0 aliphatic carbocycles. The standard InChI is InChI=1S/C19H19N3O3/c1-4-10-25-17-15(23-5-2)11-13(12-16(17)24-6-3)18-21-14-8-7-9-20-19(14)22-18/h1,7-9,11-12H,5-6,10H2,2-3H3,(H,20,21,22). The number of fused-ring (bicyclic) bond motifs is 1. The molecule has 1 aromatic carbocycles. The number of nitrogens with one attached hydrogen (secondary N) is 1. The first-order valence-electron chi connectivity index (χ1n) is 8.07. The van der Waals surface area contributed by atoms with Crippen LogP contribution in [0.25, 0.3) is 22.6 Å². The van der Waals surface area contributed by atoms with Gasteiger partial charge in [0.05, 0.1) is 18.7 Å². The Hall–Kier alpha value is -3.20. The highest BCUT2D eigenvalue weighted by Crippen LogP contribution is 2.41. The molecule has 0 atom stereocenters. The van der Waals surface area contributed by atoms with Crippen LogP contribution in [0, 0.1) is 12.3 Å². The summed E-state index contributed by atoms with van der Waals surface area (Å²) >= 11 is 0. The molecule has 3 rings (SSSR count). The van der Waals surface area contributed by atoms with Crippen molar-refractivity contribution in [3.05, 3.63) is 30.5 Å². The highest BCUT2D eigenvalue weighted by molar-refractivity contribution is 5.77. The molecule has 0 bridgehead atoms. The number of nitrogens with zero attached hydrogens (tertiary/aromatic N) is 2. The summed E-state index contributed by atoms with van der Waals surface area (Å²) in [6.45, 7) is 4.92.